The Morgan fingerprint density at radius 1 is 1.27 bits per heavy atom. The van der Waals surface area contributed by atoms with Crippen molar-refractivity contribution >= 4 is 5.97 Å². The third kappa shape index (κ3) is 2.92. The highest BCUT2D eigenvalue weighted by Gasteiger charge is 2.42. The predicted octanol–water partition coefficient (Wildman–Crippen LogP) is 1.56. The van der Waals surface area contributed by atoms with E-state index in [2.05, 4.69) is 0 Å². The molecule has 0 aromatic rings. The molecule has 0 aromatic carbocycles. The fraction of sp³-hybridized carbons (Fsp3) is 0.909. The Labute approximate surface area is 90.2 Å². The number of rotatable bonds is 4. The number of carboxylic acids is 1. The van der Waals surface area contributed by atoms with E-state index in [0.29, 0.717) is 12.8 Å². The SMILES string of the molecule is CC(O)C(C)OC1(C(=O)O)CCCCC1. The van der Waals surface area contributed by atoms with E-state index in [1.54, 1.807) is 13.8 Å². The fourth-order valence-electron chi connectivity index (χ4n) is 1.96. The zero-order valence-corrected chi connectivity index (χ0v) is 9.40. The van der Waals surface area contributed by atoms with Gasteiger partial charge in [-0.1, -0.05) is 6.42 Å². The quantitative estimate of drug-likeness (QED) is 0.748. The maximum absolute atomic E-state index is 11.2. The third-order valence-electron chi connectivity index (χ3n) is 3.14. The molecule has 0 heterocycles. The summed E-state index contributed by atoms with van der Waals surface area (Å²) >= 11 is 0. The van der Waals surface area contributed by atoms with Crippen LogP contribution in [0, 0.1) is 0 Å². The van der Waals surface area contributed by atoms with Crippen molar-refractivity contribution < 1.29 is 19.7 Å². The van der Waals surface area contributed by atoms with Gasteiger partial charge in [-0.05, 0) is 39.5 Å². The van der Waals surface area contributed by atoms with Gasteiger partial charge in [-0.3, -0.25) is 0 Å². The molecule has 0 aliphatic heterocycles. The fourth-order valence-corrected chi connectivity index (χ4v) is 1.96. The first-order chi connectivity index (χ1) is 6.98. The van der Waals surface area contributed by atoms with Crippen molar-refractivity contribution in [3.8, 4) is 0 Å². The summed E-state index contributed by atoms with van der Waals surface area (Å²) in [6.45, 7) is 3.33. The molecular formula is C11H20O4. The Bertz CT molecular complexity index is 219. The molecule has 0 saturated heterocycles. The van der Waals surface area contributed by atoms with E-state index < -0.39 is 23.8 Å². The highest BCUT2D eigenvalue weighted by molar-refractivity contribution is 5.77. The third-order valence-corrected chi connectivity index (χ3v) is 3.14. The Kier molecular flexibility index (Phi) is 4.11. The zero-order chi connectivity index (χ0) is 11.5. The van der Waals surface area contributed by atoms with E-state index >= 15 is 0 Å². The van der Waals surface area contributed by atoms with E-state index in [-0.39, 0.29) is 0 Å². The van der Waals surface area contributed by atoms with Gasteiger partial charge in [-0.2, -0.15) is 0 Å². The van der Waals surface area contributed by atoms with Crippen LogP contribution in [0.2, 0.25) is 0 Å². The molecule has 0 amide bonds. The highest BCUT2D eigenvalue weighted by Crippen LogP contribution is 2.33. The van der Waals surface area contributed by atoms with Crippen LogP contribution in [-0.2, 0) is 9.53 Å². The van der Waals surface area contributed by atoms with Gasteiger partial charge in [0.15, 0.2) is 5.60 Å². The van der Waals surface area contributed by atoms with Crippen molar-refractivity contribution in [2.24, 2.45) is 0 Å². The lowest BCUT2D eigenvalue weighted by atomic mass is 9.84. The molecular weight excluding hydrogens is 196 g/mol. The van der Waals surface area contributed by atoms with Crippen LogP contribution in [0.4, 0.5) is 0 Å². The van der Waals surface area contributed by atoms with E-state index in [9.17, 15) is 15.0 Å². The zero-order valence-electron chi connectivity index (χ0n) is 9.40. The van der Waals surface area contributed by atoms with E-state index in [1.165, 1.54) is 0 Å². The van der Waals surface area contributed by atoms with Crippen molar-refractivity contribution in [1.29, 1.82) is 0 Å². The topological polar surface area (TPSA) is 66.8 Å². The lowest BCUT2D eigenvalue weighted by molar-refractivity contribution is -0.186. The van der Waals surface area contributed by atoms with Crippen molar-refractivity contribution in [2.45, 2.75) is 63.8 Å². The number of carbonyl (C=O) groups is 1. The Balaban J connectivity index is 2.68. The van der Waals surface area contributed by atoms with E-state index in [4.69, 9.17) is 4.74 Å². The molecule has 88 valence electrons. The molecule has 1 fully saturated rings. The van der Waals surface area contributed by atoms with Gasteiger partial charge in [-0.15, -0.1) is 0 Å². The molecule has 0 bridgehead atoms. The minimum absolute atomic E-state index is 0.431. The van der Waals surface area contributed by atoms with Gasteiger partial charge in [0.05, 0.1) is 12.2 Å². The standard InChI is InChI=1S/C11H20O4/c1-8(12)9(2)15-11(10(13)14)6-4-3-5-7-11/h8-9,12H,3-7H2,1-2H3,(H,13,14). The van der Waals surface area contributed by atoms with Gasteiger partial charge in [-0.25, -0.2) is 4.79 Å². The van der Waals surface area contributed by atoms with Crippen LogP contribution in [0.5, 0.6) is 0 Å². The normalized spacial score (nSPS) is 24.5. The second kappa shape index (κ2) is 4.94. The van der Waals surface area contributed by atoms with Crippen LogP contribution >= 0.6 is 0 Å². The van der Waals surface area contributed by atoms with Gasteiger partial charge in [0, 0.05) is 0 Å². The monoisotopic (exact) mass is 216 g/mol. The predicted molar refractivity (Wildman–Crippen MR) is 55.7 cm³/mol. The van der Waals surface area contributed by atoms with Gasteiger partial charge in [0.2, 0.25) is 0 Å². The summed E-state index contributed by atoms with van der Waals surface area (Å²) in [4.78, 5) is 11.2. The van der Waals surface area contributed by atoms with Crippen LogP contribution in [0.1, 0.15) is 46.0 Å². The van der Waals surface area contributed by atoms with Gasteiger partial charge in [0.1, 0.15) is 0 Å². The first-order valence-corrected chi connectivity index (χ1v) is 5.57. The maximum Gasteiger partial charge on any atom is 0.335 e. The van der Waals surface area contributed by atoms with Crippen LogP contribution in [0.25, 0.3) is 0 Å². The van der Waals surface area contributed by atoms with E-state index in [1.807, 2.05) is 0 Å². The van der Waals surface area contributed by atoms with Crippen LogP contribution < -0.4 is 0 Å². The van der Waals surface area contributed by atoms with Crippen molar-refractivity contribution in [2.75, 3.05) is 0 Å². The number of aliphatic hydroxyl groups excluding tert-OH is 1. The first-order valence-electron chi connectivity index (χ1n) is 5.57. The molecule has 4 heteroatoms. The number of hydrogen-bond donors (Lipinski definition) is 2. The number of aliphatic hydroxyl groups is 1. The molecule has 1 aliphatic carbocycles. The molecule has 0 aromatic heterocycles. The molecule has 0 radical (unpaired) electrons. The summed E-state index contributed by atoms with van der Waals surface area (Å²) in [5.74, 6) is -0.894. The lowest BCUT2D eigenvalue weighted by Crippen LogP contribution is -2.47. The van der Waals surface area contributed by atoms with Crippen molar-refractivity contribution in [3.05, 3.63) is 0 Å². The van der Waals surface area contributed by atoms with Gasteiger partial charge in [0.25, 0.3) is 0 Å². The molecule has 1 aliphatic rings. The molecule has 15 heavy (non-hydrogen) atoms. The average Bonchev–Trinajstić information content (AvgIpc) is 2.18. The summed E-state index contributed by atoms with van der Waals surface area (Å²) in [7, 11) is 0. The Morgan fingerprint density at radius 2 is 1.80 bits per heavy atom. The molecule has 0 spiro atoms. The van der Waals surface area contributed by atoms with Crippen LogP contribution in [0.15, 0.2) is 0 Å². The van der Waals surface area contributed by atoms with E-state index in [0.717, 1.165) is 19.3 Å². The molecule has 1 saturated carbocycles. The largest absolute Gasteiger partial charge is 0.479 e. The summed E-state index contributed by atoms with van der Waals surface area (Å²) in [5.41, 5.74) is -1.06. The average molecular weight is 216 g/mol. The molecule has 2 N–H and O–H groups in total. The maximum atomic E-state index is 11.2. The number of carboxylic acid groups (broad SMARTS) is 1. The molecule has 2 unspecified atom stereocenters. The summed E-state index contributed by atoms with van der Waals surface area (Å²) in [6, 6.07) is 0. The van der Waals surface area contributed by atoms with Crippen LogP contribution in [0.3, 0.4) is 0 Å². The second-order valence-electron chi connectivity index (χ2n) is 4.42. The number of ether oxygens (including phenoxy) is 1. The van der Waals surface area contributed by atoms with Gasteiger partial charge < -0.3 is 14.9 Å². The van der Waals surface area contributed by atoms with Crippen molar-refractivity contribution in [3.63, 3.8) is 0 Å². The lowest BCUT2D eigenvalue weighted by Gasteiger charge is -2.36. The molecule has 2 atom stereocenters. The highest BCUT2D eigenvalue weighted by atomic mass is 16.5. The number of hydrogen-bond acceptors (Lipinski definition) is 3. The van der Waals surface area contributed by atoms with Crippen LogP contribution in [-0.4, -0.2) is 34.0 Å². The second-order valence-corrected chi connectivity index (χ2v) is 4.42. The summed E-state index contributed by atoms with van der Waals surface area (Å²) in [6.07, 6.45) is 2.89. The Hall–Kier alpha value is -0.610. The molecule has 1 rings (SSSR count). The smallest absolute Gasteiger partial charge is 0.335 e. The Morgan fingerprint density at radius 3 is 2.20 bits per heavy atom. The first kappa shape index (κ1) is 12.5. The summed E-state index contributed by atoms with van der Waals surface area (Å²) in [5, 5.41) is 18.5. The number of aliphatic carboxylic acids is 1. The van der Waals surface area contributed by atoms with Crippen molar-refractivity contribution in [1.82, 2.24) is 0 Å². The molecule has 4 nitrogen and oxygen atoms in total. The summed E-state index contributed by atoms with van der Waals surface area (Å²) < 4.78 is 5.55. The minimum Gasteiger partial charge on any atom is -0.479 e. The minimum atomic E-state index is -1.06. The van der Waals surface area contributed by atoms with Gasteiger partial charge >= 0.3 is 5.97 Å².